The average molecular weight is 385 g/mol. The zero-order valence-electron chi connectivity index (χ0n) is 16.1. The number of nitrogens with one attached hydrogen (secondary N) is 1. The van der Waals surface area contributed by atoms with Gasteiger partial charge in [0.2, 0.25) is 5.91 Å². The minimum atomic E-state index is -0.907. The fourth-order valence-corrected chi connectivity index (χ4v) is 3.54. The Bertz CT molecular complexity index is 883. The molecule has 2 aromatic carbocycles. The molecule has 148 valence electrons. The van der Waals surface area contributed by atoms with Gasteiger partial charge >= 0.3 is 0 Å². The molecule has 4 nitrogen and oxygen atoms in total. The van der Waals surface area contributed by atoms with Crippen molar-refractivity contribution in [3.05, 3.63) is 77.5 Å². The summed E-state index contributed by atoms with van der Waals surface area (Å²) in [7, 11) is 0. The van der Waals surface area contributed by atoms with E-state index >= 15 is 0 Å². The van der Waals surface area contributed by atoms with Gasteiger partial charge in [-0.3, -0.25) is 9.69 Å². The van der Waals surface area contributed by atoms with Gasteiger partial charge in [0.1, 0.15) is 17.3 Å². The van der Waals surface area contributed by atoms with Crippen molar-refractivity contribution >= 4 is 11.6 Å². The van der Waals surface area contributed by atoms with Crippen LogP contribution in [-0.4, -0.2) is 17.4 Å². The first-order valence-corrected chi connectivity index (χ1v) is 9.43. The van der Waals surface area contributed by atoms with Crippen LogP contribution in [0.2, 0.25) is 0 Å². The molecule has 0 fully saturated rings. The van der Waals surface area contributed by atoms with Crippen LogP contribution in [0.5, 0.6) is 0 Å². The van der Waals surface area contributed by atoms with Crippen molar-refractivity contribution < 1.29 is 13.6 Å². The highest BCUT2D eigenvalue weighted by atomic mass is 19.1. The monoisotopic (exact) mass is 385 g/mol. The van der Waals surface area contributed by atoms with Crippen LogP contribution in [0, 0.1) is 17.6 Å². The van der Waals surface area contributed by atoms with Crippen LogP contribution in [0.15, 0.2) is 54.7 Å². The third-order valence-electron chi connectivity index (χ3n) is 4.95. The summed E-state index contributed by atoms with van der Waals surface area (Å²) < 4.78 is 28.2. The van der Waals surface area contributed by atoms with Gasteiger partial charge in [-0.2, -0.15) is 0 Å². The molecule has 0 bridgehead atoms. The van der Waals surface area contributed by atoms with Crippen molar-refractivity contribution in [2.24, 2.45) is 11.7 Å². The van der Waals surface area contributed by atoms with Gasteiger partial charge in [-0.05, 0) is 43.1 Å². The first kappa shape index (κ1) is 20.0. The lowest BCUT2D eigenvalue weighted by Gasteiger charge is -2.40. The lowest BCUT2D eigenvalue weighted by Crippen LogP contribution is -2.52. The first-order chi connectivity index (χ1) is 13.4. The summed E-state index contributed by atoms with van der Waals surface area (Å²) in [6, 6.07) is 12.8. The van der Waals surface area contributed by atoms with E-state index in [1.54, 1.807) is 11.1 Å². The highest BCUT2D eigenvalue weighted by molar-refractivity contribution is 5.84. The number of hydrogen-bond donors (Lipinski definition) is 2. The van der Waals surface area contributed by atoms with Gasteiger partial charge in [-0.25, -0.2) is 8.78 Å². The SMILES string of the molecule is CC(C)C(=O)N1C=C(c2cc(F)ccc2F)NC1(CCCN)c1ccccc1. The number of halogens is 2. The molecular weight excluding hydrogens is 360 g/mol. The zero-order chi connectivity index (χ0) is 20.3. The molecule has 0 spiro atoms. The standard InChI is InChI=1S/C22H25F2N3O/c1-15(2)21(28)27-14-20(18-13-17(23)9-10-19(18)24)26-22(27,11-6-12-25)16-7-4-3-5-8-16/h3-5,7-10,13-15,26H,6,11-12,25H2,1-2H3. The van der Waals surface area contributed by atoms with E-state index in [0.29, 0.717) is 25.1 Å². The Morgan fingerprint density at radius 1 is 1.18 bits per heavy atom. The minimum Gasteiger partial charge on any atom is -0.357 e. The average Bonchev–Trinajstić information content (AvgIpc) is 3.08. The predicted octanol–water partition coefficient (Wildman–Crippen LogP) is 3.94. The van der Waals surface area contributed by atoms with E-state index in [0.717, 1.165) is 23.8 Å². The van der Waals surface area contributed by atoms with E-state index in [4.69, 9.17) is 5.73 Å². The number of amides is 1. The summed E-state index contributed by atoms with van der Waals surface area (Å²) in [4.78, 5) is 14.7. The maximum absolute atomic E-state index is 14.4. The van der Waals surface area contributed by atoms with Crippen molar-refractivity contribution in [3.8, 4) is 0 Å². The van der Waals surface area contributed by atoms with Crippen LogP contribution in [0.4, 0.5) is 8.78 Å². The van der Waals surface area contributed by atoms with E-state index in [1.807, 2.05) is 44.2 Å². The van der Waals surface area contributed by atoms with Crippen LogP contribution < -0.4 is 11.1 Å². The number of nitrogens with zero attached hydrogens (tertiary/aromatic N) is 1. The number of carbonyl (C=O) groups excluding carboxylic acids is 1. The maximum atomic E-state index is 14.4. The lowest BCUT2D eigenvalue weighted by molar-refractivity contribution is -0.137. The molecule has 1 aliphatic heterocycles. The Labute approximate surface area is 164 Å². The topological polar surface area (TPSA) is 58.4 Å². The van der Waals surface area contributed by atoms with Crippen molar-refractivity contribution in [2.45, 2.75) is 32.4 Å². The number of carbonyl (C=O) groups is 1. The fraction of sp³-hybridized carbons (Fsp3) is 0.318. The van der Waals surface area contributed by atoms with E-state index < -0.39 is 17.3 Å². The smallest absolute Gasteiger partial charge is 0.231 e. The van der Waals surface area contributed by atoms with Gasteiger partial charge in [0.05, 0.1) is 5.70 Å². The number of rotatable bonds is 6. The summed E-state index contributed by atoms with van der Waals surface area (Å²) >= 11 is 0. The van der Waals surface area contributed by atoms with Crippen LogP contribution in [0.1, 0.15) is 37.8 Å². The highest BCUT2D eigenvalue weighted by Crippen LogP contribution is 2.40. The second kappa shape index (κ2) is 8.10. The largest absolute Gasteiger partial charge is 0.357 e. The summed E-state index contributed by atoms with van der Waals surface area (Å²) in [5, 5.41) is 3.33. The van der Waals surface area contributed by atoms with Crippen molar-refractivity contribution in [1.29, 1.82) is 0 Å². The molecule has 0 aliphatic carbocycles. The van der Waals surface area contributed by atoms with Gasteiger partial charge in [0, 0.05) is 17.7 Å². The molecule has 2 aromatic rings. The summed E-state index contributed by atoms with van der Waals surface area (Å²) in [5.74, 6) is -1.48. The molecule has 3 N–H and O–H groups in total. The van der Waals surface area contributed by atoms with Crippen molar-refractivity contribution in [3.63, 3.8) is 0 Å². The van der Waals surface area contributed by atoms with E-state index in [9.17, 15) is 13.6 Å². The molecule has 1 heterocycles. The number of nitrogens with two attached hydrogens (primary N) is 1. The van der Waals surface area contributed by atoms with E-state index in [2.05, 4.69) is 5.32 Å². The number of hydrogen-bond acceptors (Lipinski definition) is 3. The Kier molecular flexibility index (Phi) is 5.79. The fourth-order valence-electron chi connectivity index (χ4n) is 3.54. The Morgan fingerprint density at radius 2 is 1.89 bits per heavy atom. The third-order valence-corrected chi connectivity index (χ3v) is 4.95. The summed E-state index contributed by atoms with van der Waals surface area (Å²) in [5.41, 5.74) is 6.17. The molecule has 1 atom stereocenters. The molecule has 0 aromatic heterocycles. The molecule has 0 saturated heterocycles. The van der Waals surface area contributed by atoms with Crippen molar-refractivity contribution in [2.75, 3.05) is 6.54 Å². The van der Waals surface area contributed by atoms with Gasteiger partial charge < -0.3 is 11.1 Å². The van der Waals surface area contributed by atoms with Crippen LogP contribution >= 0.6 is 0 Å². The van der Waals surface area contributed by atoms with Crippen LogP contribution in [-0.2, 0) is 10.5 Å². The molecule has 6 heteroatoms. The van der Waals surface area contributed by atoms with E-state index in [1.165, 1.54) is 0 Å². The second-order valence-corrected chi connectivity index (χ2v) is 7.27. The third kappa shape index (κ3) is 3.64. The molecule has 3 rings (SSSR count). The normalized spacial score (nSPS) is 18.9. The second-order valence-electron chi connectivity index (χ2n) is 7.27. The molecule has 1 aliphatic rings. The lowest BCUT2D eigenvalue weighted by atomic mass is 9.92. The zero-order valence-corrected chi connectivity index (χ0v) is 16.1. The minimum absolute atomic E-state index is 0.0899. The molecular formula is C22H25F2N3O. The highest BCUT2D eigenvalue weighted by Gasteiger charge is 2.45. The van der Waals surface area contributed by atoms with E-state index in [-0.39, 0.29) is 17.4 Å². The molecule has 1 amide bonds. The molecule has 0 saturated carbocycles. The van der Waals surface area contributed by atoms with Gasteiger partial charge in [0.25, 0.3) is 0 Å². The Hall–Kier alpha value is -2.73. The Morgan fingerprint density at radius 3 is 2.54 bits per heavy atom. The summed E-state index contributed by atoms with van der Waals surface area (Å²) in [6.45, 7) is 4.08. The number of benzene rings is 2. The van der Waals surface area contributed by atoms with Gasteiger partial charge in [-0.1, -0.05) is 44.2 Å². The Balaban J connectivity index is 2.15. The molecule has 28 heavy (non-hydrogen) atoms. The summed E-state index contributed by atoms with van der Waals surface area (Å²) in [6.07, 6.45) is 2.77. The predicted molar refractivity (Wildman–Crippen MR) is 106 cm³/mol. The first-order valence-electron chi connectivity index (χ1n) is 9.43. The molecule has 0 radical (unpaired) electrons. The van der Waals surface area contributed by atoms with Gasteiger partial charge in [0.15, 0.2) is 0 Å². The van der Waals surface area contributed by atoms with Gasteiger partial charge in [-0.15, -0.1) is 0 Å². The maximum Gasteiger partial charge on any atom is 0.231 e. The molecule has 1 unspecified atom stereocenters. The van der Waals surface area contributed by atoms with Crippen molar-refractivity contribution in [1.82, 2.24) is 10.2 Å². The van der Waals surface area contributed by atoms with Crippen LogP contribution in [0.25, 0.3) is 5.70 Å². The van der Waals surface area contributed by atoms with Crippen LogP contribution in [0.3, 0.4) is 0 Å². The quantitative estimate of drug-likeness (QED) is 0.792.